The summed E-state index contributed by atoms with van der Waals surface area (Å²) in [4.78, 5) is 42.0. The smallest absolute Gasteiger partial charge is 0.240 e. The number of hydrazone groups is 1. The van der Waals surface area contributed by atoms with E-state index in [1.807, 2.05) is 11.9 Å². The van der Waals surface area contributed by atoms with Crippen LogP contribution in [0.15, 0.2) is 5.10 Å². The maximum absolute atomic E-state index is 12.7. The molecule has 8 heteroatoms. The Morgan fingerprint density at radius 3 is 2.65 bits per heavy atom. The van der Waals surface area contributed by atoms with Crippen molar-refractivity contribution in [2.24, 2.45) is 5.10 Å². The van der Waals surface area contributed by atoms with Gasteiger partial charge in [-0.05, 0) is 32.7 Å². The minimum absolute atomic E-state index is 0.0611. The number of likely N-dealkylation sites (tertiary alicyclic amines) is 1. The molecular formula is C18H29N5O3. The van der Waals surface area contributed by atoms with Crippen LogP contribution in [0, 0.1) is 0 Å². The summed E-state index contributed by atoms with van der Waals surface area (Å²) in [5, 5.41) is 4.05. The van der Waals surface area contributed by atoms with Gasteiger partial charge < -0.3 is 9.80 Å². The molecule has 1 N–H and O–H groups in total. The topological polar surface area (TPSA) is 85.3 Å². The van der Waals surface area contributed by atoms with Crippen molar-refractivity contribution in [1.29, 1.82) is 0 Å². The minimum atomic E-state index is -0.106. The molecule has 3 rings (SSSR count). The van der Waals surface area contributed by atoms with Gasteiger partial charge in [0, 0.05) is 63.7 Å². The highest BCUT2D eigenvalue weighted by atomic mass is 16.2. The Balaban J connectivity index is 1.59. The van der Waals surface area contributed by atoms with E-state index in [9.17, 15) is 14.4 Å². The van der Waals surface area contributed by atoms with E-state index in [1.54, 1.807) is 4.90 Å². The number of hydrogen-bond donors (Lipinski definition) is 1. The van der Waals surface area contributed by atoms with Gasteiger partial charge in [-0.1, -0.05) is 0 Å². The molecule has 0 unspecified atom stereocenters. The lowest BCUT2D eigenvalue weighted by Gasteiger charge is -2.49. The summed E-state index contributed by atoms with van der Waals surface area (Å²) in [5.74, 6) is 0.269. The number of hydrogen-bond acceptors (Lipinski definition) is 5. The second-order valence-corrected chi connectivity index (χ2v) is 7.74. The van der Waals surface area contributed by atoms with Crippen LogP contribution in [0.5, 0.6) is 0 Å². The molecule has 144 valence electrons. The molecular weight excluding hydrogens is 334 g/mol. The average molecular weight is 363 g/mol. The van der Waals surface area contributed by atoms with E-state index in [-0.39, 0.29) is 23.3 Å². The molecule has 0 aromatic carbocycles. The van der Waals surface area contributed by atoms with E-state index in [4.69, 9.17) is 0 Å². The lowest BCUT2D eigenvalue weighted by atomic mass is 9.86. The number of likely N-dealkylation sites (N-methyl/N-ethyl adjacent to an activating group) is 1. The molecule has 3 heterocycles. The van der Waals surface area contributed by atoms with Crippen molar-refractivity contribution >= 4 is 23.4 Å². The monoisotopic (exact) mass is 363 g/mol. The van der Waals surface area contributed by atoms with E-state index in [1.165, 1.54) is 0 Å². The Labute approximate surface area is 154 Å². The van der Waals surface area contributed by atoms with Crippen LogP contribution in [-0.2, 0) is 14.4 Å². The van der Waals surface area contributed by atoms with Gasteiger partial charge in [-0.2, -0.15) is 5.10 Å². The van der Waals surface area contributed by atoms with Crippen LogP contribution in [0.3, 0.4) is 0 Å². The van der Waals surface area contributed by atoms with E-state index >= 15 is 0 Å². The highest BCUT2D eigenvalue weighted by Crippen LogP contribution is 2.32. The van der Waals surface area contributed by atoms with Gasteiger partial charge in [0.1, 0.15) is 0 Å². The maximum atomic E-state index is 12.7. The van der Waals surface area contributed by atoms with Crippen LogP contribution in [0.4, 0.5) is 0 Å². The molecule has 0 bridgehead atoms. The number of amides is 3. The molecule has 26 heavy (non-hydrogen) atoms. The van der Waals surface area contributed by atoms with Gasteiger partial charge in [0.05, 0.1) is 0 Å². The van der Waals surface area contributed by atoms with Crippen LogP contribution in [0.25, 0.3) is 0 Å². The molecule has 0 aliphatic carbocycles. The Bertz CT molecular complexity index is 620. The van der Waals surface area contributed by atoms with Crippen molar-refractivity contribution in [1.82, 2.24) is 20.1 Å². The minimum Gasteiger partial charge on any atom is -0.346 e. The first-order valence-electron chi connectivity index (χ1n) is 9.47. The third kappa shape index (κ3) is 4.06. The zero-order valence-corrected chi connectivity index (χ0v) is 15.8. The first kappa shape index (κ1) is 18.8. The molecule has 1 atom stereocenters. The molecule has 2 saturated heterocycles. The van der Waals surface area contributed by atoms with E-state index < -0.39 is 0 Å². The van der Waals surface area contributed by atoms with Gasteiger partial charge in [-0.3, -0.25) is 19.3 Å². The molecule has 0 aromatic rings. The first-order chi connectivity index (χ1) is 12.4. The van der Waals surface area contributed by atoms with Gasteiger partial charge in [0.25, 0.3) is 0 Å². The maximum Gasteiger partial charge on any atom is 0.240 e. The summed E-state index contributed by atoms with van der Waals surface area (Å²) in [6.07, 6.45) is 4.35. The average Bonchev–Trinajstić information content (AvgIpc) is 2.78. The van der Waals surface area contributed by atoms with Crippen molar-refractivity contribution < 1.29 is 14.4 Å². The zero-order valence-electron chi connectivity index (χ0n) is 15.8. The van der Waals surface area contributed by atoms with Crippen LogP contribution in [0.2, 0.25) is 0 Å². The predicted octanol–water partition coefficient (Wildman–Crippen LogP) is 0.188. The molecule has 0 saturated carbocycles. The highest BCUT2D eigenvalue weighted by Gasteiger charge is 2.42. The second-order valence-electron chi connectivity index (χ2n) is 7.74. The Morgan fingerprint density at radius 1 is 1.12 bits per heavy atom. The lowest BCUT2D eigenvalue weighted by molar-refractivity contribution is -0.136. The first-order valence-corrected chi connectivity index (χ1v) is 9.47. The van der Waals surface area contributed by atoms with Gasteiger partial charge in [-0.25, -0.2) is 5.43 Å². The van der Waals surface area contributed by atoms with Gasteiger partial charge in [0.15, 0.2) is 0 Å². The van der Waals surface area contributed by atoms with Crippen molar-refractivity contribution in [2.75, 3.05) is 40.3 Å². The predicted molar refractivity (Wildman–Crippen MR) is 97.5 cm³/mol. The molecule has 3 aliphatic heterocycles. The normalized spacial score (nSPS) is 28.0. The largest absolute Gasteiger partial charge is 0.346 e. The third-order valence-electron chi connectivity index (χ3n) is 6.10. The quantitative estimate of drug-likeness (QED) is 0.776. The van der Waals surface area contributed by atoms with Crippen LogP contribution >= 0.6 is 0 Å². The summed E-state index contributed by atoms with van der Waals surface area (Å²) in [6.45, 7) is 2.99. The summed E-state index contributed by atoms with van der Waals surface area (Å²) in [7, 11) is 3.97. The van der Waals surface area contributed by atoms with Crippen molar-refractivity contribution in [3.05, 3.63) is 0 Å². The second kappa shape index (κ2) is 7.73. The van der Waals surface area contributed by atoms with Crippen molar-refractivity contribution in [2.45, 2.75) is 50.5 Å². The molecule has 0 radical (unpaired) electrons. The molecule has 3 aliphatic rings. The number of nitrogens with zero attached hydrogens (tertiary/aromatic N) is 4. The fourth-order valence-corrected chi connectivity index (χ4v) is 4.07. The summed E-state index contributed by atoms with van der Waals surface area (Å²) in [6, 6.07) is 0. The molecule has 8 nitrogen and oxygen atoms in total. The van der Waals surface area contributed by atoms with E-state index in [0.717, 1.165) is 38.2 Å². The summed E-state index contributed by atoms with van der Waals surface area (Å²) in [5.41, 5.74) is 3.27. The zero-order chi connectivity index (χ0) is 18.7. The molecule has 0 aromatic heterocycles. The highest BCUT2D eigenvalue weighted by molar-refractivity contribution is 5.94. The number of carbonyl (C=O) groups is 3. The standard InChI is InChI=1S/C18H29N5O3/c1-21-10-9-18(8-7-16(21)25)13-23(12-11-22(18)2)17(26)6-4-14-3-5-15(24)20-19-14/h3-13H2,1-2H3,(H,20,24)/t18-/m1/s1. The van der Waals surface area contributed by atoms with Crippen LogP contribution in [0.1, 0.15) is 44.9 Å². The SMILES string of the molecule is CN1CC[C@]2(CCC1=O)CN(C(=O)CCC1=NNC(=O)CC1)CCN2C. The fraction of sp³-hybridized carbons (Fsp3) is 0.778. The van der Waals surface area contributed by atoms with Crippen molar-refractivity contribution in [3.63, 3.8) is 0 Å². The number of carbonyl (C=O) groups excluding carboxylic acids is 3. The Morgan fingerprint density at radius 2 is 1.92 bits per heavy atom. The Hall–Kier alpha value is -1.96. The van der Waals surface area contributed by atoms with Crippen LogP contribution in [-0.4, -0.2) is 83.9 Å². The van der Waals surface area contributed by atoms with Crippen molar-refractivity contribution in [3.8, 4) is 0 Å². The van der Waals surface area contributed by atoms with E-state index in [0.29, 0.717) is 38.6 Å². The molecule has 3 amide bonds. The van der Waals surface area contributed by atoms with Gasteiger partial charge in [-0.15, -0.1) is 0 Å². The summed E-state index contributed by atoms with van der Waals surface area (Å²) < 4.78 is 0. The lowest BCUT2D eigenvalue weighted by Crippen LogP contribution is -2.62. The summed E-state index contributed by atoms with van der Waals surface area (Å²) >= 11 is 0. The Kier molecular flexibility index (Phi) is 5.60. The third-order valence-corrected chi connectivity index (χ3v) is 6.10. The van der Waals surface area contributed by atoms with Crippen LogP contribution < -0.4 is 5.43 Å². The van der Waals surface area contributed by atoms with Gasteiger partial charge >= 0.3 is 0 Å². The molecule has 2 fully saturated rings. The van der Waals surface area contributed by atoms with E-state index in [2.05, 4.69) is 22.5 Å². The number of rotatable bonds is 3. The fourth-order valence-electron chi connectivity index (χ4n) is 4.07. The van der Waals surface area contributed by atoms with Gasteiger partial charge in [0.2, 0.25) is 17.7 Å². The number of piperazine rings is 1. The molecule has 1 spiro atoms. The number of nitrogens with one attached hydrogen (secondary N) is 1.